The number of hydrogen-bond donors (Lipinski definition) is 1. The van der Waals surface area contributed by atoms with Crippen molar-refractivity contribution in [3.05, 3.63) is 69.8 Å². The Balaban J connectivity index is 1.18. The van der Waals surface area contributed by atoms with E-state index in [1.165, 1.54) is 5.56 Å². The van der Waals surface area contributed by atoms with Gasteiger partial charge in [0.2, 0.25) is 6.79 Å². The monoisotopic (exact) mass is 559 g/mol. The predicted molar refractivity (Wildman–Crippen MR) is 149 cm³/mol. The molecule has 0 spiro atoms. The number of nitrogens with zero attached hydrogens (tertiary/aromatic N) is 6. The Morgan fingerprint density at radius 3 is 2.78 bits per heavy atom. The van der Waals surface area contributed by atoms with Gasteiger partial charge in [0.05, 0.1) is 19.8 Å². The van der Waals surface area contributed by atoms with Gasteiger partial charge in [-0.25, -0.2) is 4.68 Å². The fourth-order valence-electron chi connectivity index (χ4n) is 6.03. The zero-order valence-corrected chi connectivity index (χ0v) is 23.0. The molecule has 4 aromatic rings. The van der Waals surface area contributed by atoms with Crippen LogP contribution in [0.25, 0.3) is 10.9 Å². The van der Waals surface area contributed by atoms with Crippen LogP contribution in [0.3, 0.4) is 0 Å². The Morgan fingerprint density at radius 2 is 1.95 bits per heavy atom. The molecule has 2 saturated heterocycles. The minimum Gasteiger partial charge on any atom is -0.497 e. The first-order valence-electron chi connectivity index (χ1n) is 14.1. The Bertz CT molecular complexity index is 1590. The second-order valence-electron chi connectivity index (χ2n) is 10.8. The van der Waals surface area contributed by atoms with E-state index in [4.69, 9.17) is 18.9 Å². The summed E-state index contributed by atoms with van der Waals surface area (Å²) >= 11 is 0. The standard InChI is InChI=1S/C29H33N7O5/c1-38-21-5-6-24-20(14-21)15-23(29(37)30-24)27(28-31-32-33-36(28)17-22-3-2-12-39-22)35-10-8-34(9-11-35)16-19-4-7-25-26(13-19)41-18-40-25/h4-7,13-15,22,27H,2-3,8-12,16-18H2,1H3,(H,30,37)/t22-,27+/m1/s1. The number of ether oxygens (including phenoxy) is 4. The molecule has 2 fully saturated rings. The fraction of sp³-hybridized carbons (Fsp3) is 0.448. The zero-order valence-electron chi connectivity index (χ0n) is 23.0. The quantitative estimate of drug-likeness (QED) is 0.344. The molecule has 0 amide bonds. The Kier molecular flexibility index (Phi) is 7.03. The van der Waals surface area contributed by atoms with Crippen molar-refractivity contribution in [3.63, 3.8) is 0 Å². The van der Waals surface area contributed by atoms with Crippen LogP contribution in [0.1, 0.15) is 35.8 Å². The number of aromatic nitrogens is 5. The van der Waals surface area contributed by atoms with E-state index in [9.17, 15) is 4.79 Å². The fourth-order valence-corrected chi connectivity index (χ4v) is 6.03. The first-order valence-corrected chi connectivity index (χ1v) is 14.1. The maximum absolute atomic E-state index is 13.6. The number of piperazine rings is 1. The molecule has 2 aromatic heterocycles. The van der Waals surface area contributed by atoms with Gasteiger partial charge in [0.25, 0.3) is 5.56 Å². The van der Waals surface area contributed by atoms with Gasteiger partial charge in [-0.05, 0) is 65.2 Å². The van der Waals surface area contributed by atoms with E-state index in [1.54, 1.807) is 7.11 Å². The highest BCUT2D eigenvalue weighted by Gasteiger charge is 2.33. The Hall–Kier alpha value is -4.00. The van der Waals surface area contributed by atoms with Gasteiger partial charge >= 0.3 is 0 Å². The summed E-state index contributed by atoms with van der Waals surface area (Å²) in [5, 5.41) is 13.7. The zero-order chi connectivity index (χ0) is 27.8. The van der Waals surface area contributed by atoms with E-state index in [0.29, 0.717) is 17.9 Å². The molecule has 2 aromatic carbocycles. The van der Waals surface area contributed by atoms with Gasteiger partial charge in [0.1, 0.15) is 11.8 Å². The third kappa shape index (κ3) is 5.25. The van der Waals surface area contributed by atoms with Gasteiger partial charge in [0, 0.05) is 55.8 Å². The molecule has 41 heavy (non-hydrogen) atoms. The lowest BCUT2D eigenvalue weighted by Crippen LogP contribution is -2.48. The normalized spacial score (nSPS) is 20.1. The van der Waals surface area contributed by atoms with Crippen molar-refractivity contribution in [2.24, 2.45) is 0 Å². The lowest BCUT2D eigenvalue weighted by Gasteiger charge is -2.38. The molecule has 7 rings (SSSR count). The molecule has 12 nitrogen and oxygen atoms in total. The van der Waals surface area contributed by atoms with Crippen molar-refractivity contribution in [1.29, 1.82) is 0 Å². The third-order valence-corrected chi connectivity index (χ3v) is 8.19. The molecule has 5 heterocycles. The summed E-state index contributed by atoms with van der Waals surface area (Å²) in [5.74, 6) is 2.97. The molecule has 0 bridgehead atoms. The minimum absolute atomic E-state index is 0.0654. The highest BCUT2D eigenvalue weighted by molar-refractivity contribution is 5.80. The van der Waals surface area contributed by atoms with Crippen molar-refractivity contribution in [2.75, 3.05) is 46.7 Å². The summed E-state index contributed by atoms with van der Waals surface area (Å²) in [5.41, 5.74) is 2.39. The SMILES string of the molecule is COc1ccc2[nH]c(=O)c([C@@H](c3nnnn3C[C@H]3CCCO3)N3CCN(Cc4ccc5c(c4)OCO5)CC3)cc2c1. The van der Waals surface area contributed by atoms with E-state index in [2.05, 4.69) is 42.4 Å². The van der Waals surface area contributed by atoms with Crippen LogP contribution in [0.15, 0.2) is 47.3 Å². The Labute approximate surface area is 236 Å². The number of benzene rings is 2. The second-order valence-corrected chi connectivity index (χ2v) is 10.8. The van der Waals surface area contributed by atoms with Gasteiger partial charge in [-0.3, -0.25) is 14.6 Å². The maximum Gasteiger partial charge on any atom is 0.253 e. The lowest BCUT2D eigenvalue weighted by atomic mass is 10.0. The van der Waals surface area contributed by atoms with Crippen molar-refractivity contribution >= 4 is 10.9 Å². The molecule has 2 atom stereocenters. The summed E-state index contributed by atoms with van der Waals surface area (Å²) < 4.78 is 24.2. The van der Waals surface area contributed by atoms with Gasteiger partial charge in [0.15, 0.2) is 17.3 Å². The van der Waals surface area contributed by atoms with Crippen LogP contribution in [-0.4, -0.2) is 87.8 Å². The molecule has 214 valence electrons. The van der Waals surface area contributed by atoms with Crippen LogP contribution < -0.4 is 19.8 Å². The minimum atomic E-state index is -0.418. The molecular weight excluding hydrogens is 526 g/mol. The van der Waals surface area contributed by atoms with Crippen LogP contribution >= 0.6 is 0 Å². The average molecular weight is 560 g/mol. The number of aromatic amines is 1. The average Bonchev–Trinajstić information content (AvgIpc) is 3.77. The Morgan fingerprint density at radius 1 is 1.07 bits per heavy atom. The molecule has 0 aliphatic carbocycles. The van der Waals surface area contributed by atoms with Gasteiger partial charge in [-0.1, -0.05) is 6.07 Å². The van der Waals surface area contributed by atoms with Crippen LogP contribution in [0.5, 0.6) is 17.2 Å². The van der Waals surface area contributed by atoms with Crippen LogP contribution in [0, 0.1) is 0 Å². The molecular formula is C29H33N7O5. The van der Waals surface area contributed by atoms with E-state index < -0.39 is 6.04 Å². The highest BCUT2D eigenvalue weighted by Crippen LogP contribution is 2.33. The summed E-state index contributed by atoms with van der Waals surface area (Å²) in [6, 6.07) is 13.3. The number of tetrazole rings is 1. The molecule has 12 heteroatoms. The molecule has 0 radical (unpaired) electrons. The van der Waals surface area contributed by atoms with E-state index in [0.717, 1.165) is 80.3 Å². The van der Waals surface area contributed by atoms with E-state index in [-0.39, 0.29) is 18.5 Å². The number of rotatable bonds is 8. The summed E-state index contributed by atoms with van der Waals surface area (Å²) in [6.07, 6.45) is 2.07. The number of pyridine rings is 1. The summed E-state index contributed by atoms with van der Waals surface area (Å²) in [4.78, 5) is 21.4. The molecule has 3 aliphatic heterocycles. The number of nitrogens with one attached hydrogen (secondary N) is 1. The second kappa shape index (κ2) is 11.1. The van der Waals surface area contributed by atoms with Crippen molar-refractivity contribution in [3.8, 4) is 17.2 Å². The van der Waals surface area contributed by atoms with E-state index >= 15 is 0 Å². The third-order valence-electron chi connectivity index (χ3n) is 8.19. The maximum atomic E-state index is 13.6. The number of fused-ring (bicyclic) bond motifs is 2. The van der Waals surface area contributed by atoms with Gasteiger partial charge < -0.3 is 23.9 Å². The van der Waals surface area contributed by atoms with Crippen LogP contribution in [0.4, 0.5) is 0 Å². The van der Waals surface area contributed by atoms with E-state index in [1.807, 2.05) is 35.0 Å². The van der Waals surface area contributed by atoms with Crippen LogP contribution in [0.2, 0.25) is 0 Å². The number of hydrogen-bond acceptors (Lipinski definition) is 10. The van der Waals surface area contributed by atoms with Gasteiger partial charge in [-0.2, -0.15) is 0 Å². The lowest BCUT2D eigenvalue weighted by molar-refractivity contribution is 0.0840. The number of methoxy groups -OCH3 is 1. The largest absolute Gasteiger partial charge is 0.497 e. The van der Waals surface area contributed by atoms with Crippen molar-refractivity contribution < 1.29 is 18.9 Å². The topological polar surface area (TPSA) is 120 Å². The summed E-state index contributed by atoms with van der Waals surface area (Å²) in [6.45, 7) is 5.55. The first kappa shape index (κ1) is 25.9. The highest BCUT2D eigenvalue weighted by atomic mass is 16.7. The van der Waals surface area contributed by atoms with Crippen LogP contribution in [-0.2, 0) is 17.8 Å². The van der Waals surface area contributed by atoms with Crippen molar-refractivity contribution in [1.82, 2.24) is 35.0 Å². The smallest absolute Gasteiger partial charge is 0.253 e. The van der Waals surface area contributed by atoms with Gasteiger partial charge in [-0.15, -0.1) is 5.10 Å². The number of H-pyrrole nitrogens is 1. The van der Waals surface area contributed by atoms with Crippen molar-refractivity contribution in [2.45, 2.75) is 38.1 Å². The molecule has 1 N–H and O–H groups in total. The first-order chi connectivity index (χ1) is 20.1. The predicted octanol–water partition coefficient (Wildman–Crippen LogP) is 2.34. The molecule has 0 saturated carbocycles. The summed E-state index contributed by atoms with van der Waals surface area (Å²) in [7, 11) is 1.64. The molecule has 3 aliphatic rings. The molecule has 0 unspecified atom stereocenters.